The predicted octanol–water partition coefficient (Wildman–Crippen LogP) is 2.95. The van der Waals surface area contributed by atoms with Gasteiger partial charge in [0.15, 0.2) is 0 Å². The molecule has 0 N–H and O–H groups in total. The summed E-state index contributed by atoms with van der Waals surface area (Å²) in [5.74, 6) is 0.442. The summed E-state index contributed by atoms with van der Waals surface area (Å²) in [7, 11) is 0. The number of alkyl halides is 1. The van der Waals surface area contributed by atoms with Gasteiger partial charge in [0.2, 0.25) is 0 Å². The minimum absolute atomic E-state index is 0.0996. The second kappa shape index (κ2) is 5.21. The van der Waals surface area contributed by atoms with Crippen molar-refractivity contribution in [2.24, 2.45) is 5.92 Å². The van der Waals surface area contributed by atoms with Gasteiger partial charge in [0.1, 0.15) is 6.20 Å². The first-order valence-electron chi connectivity index (χ1n) is 4.73. The number of aromatic nitrogens is 1. The number of rotatable bonds is 4. The van der Waals surface area contributed by atoms with Gasteiger partial charge in [-0.3, -0.25) is 15.1 Å². The molecule has 4 nitrogen and oxygen atoms in total. The van der Waals surface area contributed by atoms with Crippen LogP contribution in [0.3, 0.4) is 0 Å². The molecule has 1 atom stereocenters. The normalized spacial score (nSPS) is 12.8. The number of pyridine rings is 1. The van der Waals surface area contributed by atoms with Crippen molar-refractivity contribution < 1.29 is 4.92 Å². The molecular weight excluding hydrogens is 260 g/mol. The highest BCUT2D eigenvalue weighted by Gasteiger charge is 2.18. The molecule has 0 aliphatic heterocycles. The van der Waals surface area contributed by atoms with Crippen molar-refractivity contribution in [3.05, 3.63) is 34.1 Å². The number of nitrogens with zero attached hydrogens (tertiary/aromatic N) is 2. The third-order valence-corrected chi connectivity index (χ3v) is 3.60. The predicted molar refractivity (Wildman–Crippen MR) is 62.1 cm³/mol. The Hall–Kier alpha value is -0.970. The molecule has 1 unspecified atom stereocenters. The van der Waals surface area contributed by atoms with Crippen molar-refractivity contribution in [3.63, 3.8) is 0 Å². The Morgan fingerprint density at radius 1 is 1.60 bits per heavy atom. The lowest BCUT2D eigenvalue weighted by atomic mass is 10.0. The lowest BCUT2D eigenvalue weighted by molar-refractivity contribution is -0.385. The fourth-order valence-electron chi connectivity index (χ4n) is 1.20. The number of hydrogen-bond acceptors (Lipinski definition) is 3. The smallest absolute Gasteiger partial charge is 0.258 e. The maximum atomic E-state index is 10.7. The van der Waals surface area contributed by atoms with Gasteiger partial charge in [-0.2, -0.15) is 0 Å². The van der Waals surface area contributed by atoms with E-state index in [0.29, 0.717) is 12.3 Å². The molecule has 82 valence electrons. The molecule has 1 aromatic rings. The largest absolute Gasteiger partial charge is 0.290 e. The zero-order chi connectivity index (χ0) is 11.4. The SMILES string of the molecule is CC(C)C(Br)Cc1ccncc1[N+](=O)[O-]. The maximum Gasteiger partial charge on any atom is 0.290 e. The van der Waals surface area contributed by atoms with Crippen LogP contribution < -0.4 is 0 Å². The molecule has 0 bridgehead atoms. The van der Waals surface area contributed by atoms with Gasteiger partial charge in [0.25, 0.3) is 5.69 Å². The molecule has 0 saturated carbocycles. The molecule has 15 heavy (non-hydrogen) atoms. The molecule has 5 heteroatoms. The fourth-order valence-corrected chi connectivity index (χ4v) is 1.55. The third kappa shape index (κ3) is 3.27. The van der Waals surface area contributed by atoms with Crippen LogP contribution in [-0.2, 0) is 6.42 Å². The second-order valence-electron chi connectivity index (χ2n) is 3.73. The minimum atomic E-state index is -0.387. The zero-order valence-electron chi connectivity index (χ0n) is 8.68. The Morgan fingerprint density at radius 2 is 2.27 bits per heavy atom. The van der Waals surface area contributed by atoms with Gasteiger partial charge in [-0.1, -0.05) is 29.8 Å². The topological polar surface area (TPSA) is 56.0 Å². The van der Waals surface area contributed by atoms with E-state index >= 15 is 0 Å². The highest BCUT2D eigenvalue weighted by atomic mass is 79.9. The van der Waals surface area contributed by atoms with Crippen LogP contribution in [0.15, 0.2) is 18.5 Å². The molecule has 0 amide bonds. The number of nitro groups is 1. The van der Waals surface area contributed by atoms with Gasteiger partial charge < -0.3 is 0 Å². The van der Waals surface area contributed by atoms with Crippen molar-refractivity contribution in [3.8, 4) is 0 Å². The Bertz CT molecular complexity index is 355. The Labute approximate surface area is 97.0 Å². The lowest BCUT2D eigenvalue weighted by Crippen LogP contribution is -2.11. The van der Waals surface area contributed by atoms with E-state index in [0.717, 1.165) is 5.56 Å². The monoisotopic (exact) mass is 272 g/mol. The average Bonchev–Trinajstić information content (AvgIpc) is 2.18. The summed E-state index contributed by atoms with van der Waals surface area (Å²) in [5, 5.41) is 10.7. The van der Waals surface area contributed by atoms with E-state index in [9.17, 15) is 10.1 Å². The molecule has 0 aromatic carbocycles. The van der Waals surface area contributed by atoms with Crippen LogP contribution in [0.1, 0.15) is 19.4 Å². The molecule has 1 rings (SSSR count). The van der Waals surface area contributed by atoms with Gasteiger partial charge in [0.05, 0.1) is 4.92 Å². The number of hydrogen-bond donors (Lipinski definition) is 0. The quantitative estimate of drug-likeness (QED) is 0.481. The van der Waals surface area contributed by atoms with Crippen LogP contribution >= 0.6 is 15.9 Å². The highest BCUT2D eigenvalue weighted by Crippen LogP contribution is 2.23. The first-order chi connectivity index (χ1) is 7.02. The standard InChI is InChI=1S/C10H13BrN2O2/c1-7(2)9(11)5-8-3-4-12-6-10(8)13(14)15/h3-4,6-7,9H,5H2,1-2H3. The van der Waals surface area contributed by atoms with Crippen LogP contribution in [0, 0.1) is 16.0 Å². The van der Waals surface area contributed by atoms with E-state index in [1.165, 1.54) is 6.20 Å². The van der Waals surface area contributed by atoms with Crippen molar-refractivity contribution >= 4 is 21.6 Å². The summed E-state index contributed by atoms with van der Waals surface area (Å²) < 4.78 is 0. The molecule has 0 radical (unpaired) electrons. The van der Waals surface area contributed by atoms with Gasteiger partial charge in [-0.25, -0.2) is 0 Å². The fraction of sp³-hybridized carbons (Fsp3) is 0.500. The molecule has 0 fully saturated rings. The van der Waals surface area contributed by atoms with Crippen LogP contribution in [0.2, 0.25) is 0 Å². The molecule has 0 saturated heterocycles. The van der Waals surface area contributed by atoms with Crippen LogP contribution in [0.25, 0.3) is 0 Å². The van der Waals surface area contributed by atoms with E-state index < -0.39 is 0 Å². The molecule has 1 heterocycles. The lowest BCUT2D eigenvalue weighted by Gasteiger charge is -2.13. The molecule has 1 aromatic heterocycles. The third-order valence-electron chi connectivity index (χ3n) is 2.22. The summed E-state index contributed by atoms with van der Waals surface area (Å²) in [6.07, 6.45) is 3.54. The first kappa shape index (κ1) is 12.1. The van der Waals surface area contributed by atoms with E-state index in [1.54, 1.807) is 12.3 Å². The molecular formula is C10H13BrN2O2. The van der Waals surface area contributed by atoms with E-state index in [1.807, 2.05) is 0 Å². The summed E-state index contributed by atoms with van der Waals surface area (Å²) in [6, 6.07) is 1.70. The second-order valence-corrected chi connectivity index (χ2v) is 4.90. The van der Waals surface area contributed by atoms with Gasteiger partial charge >= 0.3 is 0 Å². The first-order valence-corrected chi connectivity index (χ1v) is 5.65. The Morgan fingerprint density at radius 3 is 2.80 bits per heavy atom. The van der Waals surface area contributed by atoms with E-state index in [-0.39, 0.29) is 15.4 Å². The van der Waals surface area contributed by atoms with Crippen molar-refractivity contribution in [2.45, 2.75) is 25.1 Å². The van der Waals surface area contributed by atoms with Gasteiger partial charge in [0, 0.05) is 16.6 Å². The highest BCUT2D eigenvalue weighted by molar-refractivity contribution is 9.09. The van der Waals surface area contributed by atoms with Crippen LogP contribution in [-0.4, -0.2) is 14.7 Å². The summed E-state index contributed by atoms with van der Waals surface area (Å²) in [4.78, 5) is 14.3. The van der Waals surface area contributed by atoms with Gasteiger partial charge in [-0.15, -0.1) is 0 Å². The Kier molecular flexibility index (Phi) is 4.20. The van der Waals surface area contributed by atoms with Crippen molar-refractivity contribution in [1.29, 1.82) is 0 Å². The minimum Gasteiger partial charge on any atom is -0.258 e. The maximum absolute atomic E-state index is 10.7. The van der Waals surface area contributed by atoms with Crippen LogP contribution in [0.5, 0.6) is 0 Å². The van der Waals surface area contributed by atoms with Gasteiger partial charge in [-0.05, 0) is 18.4 Å². The van der Waals surface area contributed by atoms with E-state index in [2.05, 4.69) is 34.8 Å². The Balaban J connectivity index is 2.89. The molecule has 0 spiro atoms. The van der Waals surface area contributed by atoms with Crippen LogP contribution in [0.4, 0.5) is 5.69 Å². The van der Waals surface area contributed by atoms with E-state index in [4.69, 9.17) is 0 Å². The number of halogens is 1. The molecule has 0 aliphatic rings. The molecule has 0 aliphatic carbocycles. The average molecular weight is 273 g/mol. The summed E-state index contributed by atoms with van der Waals surface area (Å²) in [5.41, 5.74) is 0.827. The zero-order valence-corrected chi connectivity index (χ0v) is 10.3. The summed E-state index contributed by atoms with van der Waals surface area (Å²) >= 11 is 3.52. The van der Waals surface area contributed by atoms with Crippen molar-refractivity contribution in [2.75, 3.05) is 0 Å². The summed E-state index contributed by atoms with van der Waals surface area (Å²) in [6.45, 7) is 4.15. The van der Waals surface area contributed by atoms with Crippen molar-refractivity contribution in [1.82, 2.24) is 4.98 Å².